The van der Waals surface area contributed by atoms with Crippen molar-refractivity contribution >= 4 is 33.2 Å². The lowest BCUT2D eigenvalue weighted by molar-refractivity contribution is 0.0946. The van der Waals surface area contributed by atoms with Gasteiger partial charge in [-0.05, 0) is 47.5 Å². The van der Waals surface area contributed by atoms with E-state index in [-0.39, 0.29) is 10.7 Å². The Labute approximate surface area is 125 Å². The fourth-order valence-corrected chi connectivity index (χ4v) is 4.28. The Morgan fingerprint density at radius 2 is 2.21 bits per heavy atom. The smallest absolute Gasteiger partial charge is 0.251 e. The summed E-state index contributed by atoms with van der Waals surface area (Å²) >= 11 is 5.49. The molecule has 0 spiro atoms. The van der Waals surface area contributed by atoms with Crippen molar-refractivity contribution < 1.29 is 4.79 Å². The molecule has 1 aliphatic heterocycles. The molecule has 1 N–H and O–H groups in total. The van der Waals surface area contributed by atoms with Gasteiger partial charge in [0.05, 0.1) is 4.83 Å². The highest BCUT2D eigenvalue weighted by Crippen LogP contribution is 2.37. The van der Waals surface area contributed by atoms with Crippen LogP contribution >= 0.6 is 27.3 Å². The summed E-state index contributed by atoms with van der Waals surface area (Å²) in [5.74, 6) is 0.0469. The average molecular weight is 336 g/mol. The second-order valence-electron chi connectivity index (χ2n) is 4.75. The zero-order valence-electron chi connectivity index (χ0n) is 10.6. The van der Waals surface area contributed by atoms with E-state index in [4.69, 9.17) is 0 Å². The summed E-state index contributed by atoms with van der Waals surface area (Å²) in [6.45, 7) is 2.86. The van der Waals surface area contributed by atoms with Gasteiger partial charge in [-0.15, -0.1) is 11.3 Å². The van der Waals surface area contributed by atoms with Crippen molar-refractivity contribution in [3.8, 4) is 0 Å². The molecule has 0 saturated carbocycles. The third kappa shape index (κ3) is 2.35. The van der Waals surface area contributed by atoms with Gasteiger partial charge in [0.1, 0.15) is 0 Å². The molecule has 0 bridgehead atoms. The van der Waals surface area contributed by atoms with Crippen molar-refractivity contribution in [1.29, 1.82) is 0 Å². The van der Waals surface area contributed by atoms with E-state index >= 15 is 0 Å². The first-order valence-electron chi connectivity index (χ1n) is 6.26. The van der Waals surface area contributed by atoms with Gasteiger partial charge in [0.15, 0.2) is 0 Å². The SMILES string of the molecule is Cc1ccsc1C(Br)c1ccc2c(c1)C(=O)NCC2. The van der Waals surface area contributed by atoms with Gasteiger partial charge in [-0.25, -0.2) is 0 Å². The number of carbonyl (C=O) groups excluding carboxylic acids is 1. The van der Waals surface area contributed by atoms with Crippen molar-refractivity contribution in [3.63, 3.8) is 0 Å². The topological polar surface area (TPSA) is 29.1 Å². The molecule has 2 aromatic rings. The second-order valence-corrected chi connectivity index (χ2v) is 6.62. The Balaban J connectivity index is 2.00. The largest absolute Gasteiger partial charge is 0.352 e. The summed E-state index contributed by atoms with van der Waals surface area (Å²) in [7, 11) is 0. The minimum atomic E-state index is 0.0469. The van der Waals surface area contributed by atoms with Crippen molar-refractivity contribution in [2.45, 2.75) is 18.2 Å². The van der Waals surface area contributed by atoms with E-state index < -0.39 is 0 Å². The molecule has 4 heteroatoms. The standard InChI is InChI=1S/C15H14BrNOS/c1-9-5-7-19-14(9)13(16)11-3-2-10-4-6-17-15(18)12(10)8-11/h2-3,5,7-8,13H,4,6H2,1H3,(H,17,18). The second kappa shape index (κ2) is 5.10. The number of fused-ring (bicyclic) bond motifs is 1. The Morgan fingerprint density at radius 1 is 1.37 bits per heavy atom. The molecule has 0 saturated heterocycles. The van der Waals surface area contributed by atoms with E-state index in [1.54, 1.807) is 11.3 Å². The predicted octanol–water partition coefficient (Wildman–Crippen LogP) is 3.83. The highest BCUT2D eigenvalue weighted by molar-refractivity contribution is 9.09. The van der Waals surface area contributed by atoms with Gasteiger partial charge < -0.3 is 5.32 Å². The van der Waals surface area contributed by atoms with Gasteiger partial charge in [0, 0.05) is 17.0 Å². The van der Waals surface area contributed by atoms with Crippen molar-refractivity contribution in [2.24, 2.45) is 0 Å². The van der Waals surface area contributed by atoms with Crippen LogP contribution in [0.15, 0.2) is 29.6 Å². The van der Waals surface area contributed by atoms with Gasteiger partial charge in [0.25, 0.3) is 5.91 Å². The maximum absolute atomic E-state index is 11.9. The number of hydrogen-bond donors (Lipinski definition) is 1. The molecular formula is C15H14BrNOS. The maximum atomic E-state index is 11.9. The fourth-order valence-electron chi connectivity index (χ4n) is 2.38. The van der Waals surface area contributed by atoms with Crippen LogP contribution in [0.4, 0.5) is 0 Å². The Morgan fingerprint density at radius 3 is 2.95 bits per heavy atom. The van der Waals surface area contributed by atoms with Crippen LogP contribution in [0.2, 0.25) is 0 Å². The minimum Gasteiger partial charge on any atom is -0.352 e. The van der Waals surface area contributed by atoms with Crippen molar-refractivity contribution in [3.05, 3.63) is 56.8 Å². The van der Waals surface area contributed by atoms with E-state index in [0.717, 1.165) is 29.7 Å². The fraction of sp³-hybridized carbons (Fsp3) is 0.267. The average Bonchev–Trinajstić information content (AvgIpc) is 2.84. The van der Waals surface area contributed by atoms with Crippen LogP contribution in [0, 0.1) is 6.92 Å². The first kappa shape index (κ1) is 12.9. The van der Waals surface area contributed by atoms with Crippen molar-refractivity contribution in [1.82, 2.24) is 5.32 Å². The number of hydrogen-bond acceptors (Lipinski definition) is 2. The first-order chi connectivity index (χ1) is 9.16. The van der Waals surface area contributed by atoms with Gasteiger partial charge in [-0.3, -0.25) is 4.79 Å². The molecule has 0 fully saturated rings. The van der Waals surface area contributed by atoms with Crippen LogP contribution in [0.1, 0.15) is 36.8 Å². The summed E-state index contributed by atoms with van der Waals surface area (Å²) in [4.78, 5) is 13.4. The molecule has 1 amide bonds. The van der Waals surface area contributed by atoms with Crippen LogP contribution < -0.4 is 5.32 Å². The molecule has 3 rings (SSSR count). The van der Waals surface area contributed by atoms with Crippen LogP contribution in [0.3, 0.4) is 0 Å². The van der Waals surface area contributed by atoms with Crippen LogP contribution in [-0.4, -0.2) is 12.5 Å². The quantitative estimate of drug-likeness (QED) is 0.830. The molecule has 0 radical (unpaired) electrons. The number of alkyl halides is 1. The molecule has 1 atom stereocenters. The summed E-state index contributed by atoms with van der Waals surface area (Å²) in [6, 6.07) is 8.35. The Hall–Kier alpha value is -1.13. The Kier molecular flexibility index (Phi) is 3.46. The minimum absolute atomic E-state index is 0.0469. The van der Waals surface area contributed by atoms with Gasteiger partial charge in [0.2, 0.25) is 0 Å². The molecule has 98 valence electrons. The summed E-state index contributed by atoms with van der Waals surface area (Å²) in [6.07, 6.45) is 0.923. The van der Waals surface area contributed by atoms with E-state index in [0.29, 0.717) is 0 Å². The van der Waals surface area contributed by atoms with E-state index in [1.165, 1.54) is 10.4 Å². The number of aryl methyl sites for hydroxylation is 1. The van der Waals surface area contributed by atoms with Crippen LogP contribution in [-0.2, 0) is 6.42 Å². The molecule has 0 aliphatic carbocycles. The highest BCUT2D eigenvalue weighted by atomic mass is 79.9. The molecule has 2 nitrogen and oxygen atoms in total. The zero-order valence-corrected chi connectivity index (χ0v) is 13.0. The molecule has 2 heterocycles. The number of carbonyl (C=O) groups is 1. The van der Waals surface area contributed by atoms with E-state index in [1.807, 2.05) is 6.07 Å². The monoisotopic (exact) mass is 335 g/mol. The zero-order chi connectivity index (χ0) is 13.4. The lowest BCUT2D eigenvalue weighted by atomic mass is 9.96. The molecule has 1 unspecified atom stereocenters. The van der Waals surface area contributed by atoms with E-state index in [2.05, 4.69) is 51.7 Å². The summed E-state index contributed by atoms with van der Waals surface area (Å²) in [5.41, 5.74) is 4.40. The number of benzene rings is 1. The predicted molar refractivity (Wildman–Crippen MR) is 82.3 cm³/mol. The lowest BCUT2D eigenvalue weighted by Gasteiger charge is -2.18. The molecule has 1 aliphatic rings. The van der Waals surface area contributed by atoms with Crippen LogP contribution in [0.5, 0.6) is 0 Å². The number of rotatable bonds is 2. The number of nitrogens with one attached hydrogen (secondary N) is 1. The molecule has 1 aromatic carbocycles. The van der Waals surface area contributed by atoms with Gasteiger partial charge >= 0.3 is 0 Å². The summed E-state index contributed by atoms with van der Waals surface area (Å²) in [5, 5.41) is 5.00. The summed E-state index contributed by atoms with van der Waals surface area (Å²) < 4.78 is 0. The number of thiophene rings is 1. The van der Waals surface area contributed by atoms with Crippen molar-refractivity contribution in [2.75, 3.05) is 6.54 Å². The lowest BCUT2D eigenvalue weighted by Crippen LogP contribution is -2.31. The normalized spacial score (nSPS) is 15.8. The molecular weight excluding hydrogens is 322 g/mol. The number of halogens is 1. The first-order valence-corrected chi connectivity index (χ1v) is 8.05. The molecule has 19 heavy (non-hydrogen) atoms. The Bertz CT molecular complexity index is 635. The van der Waals surface area contributed by atoms with Gasteiger partial charge in [-0.1, -0.05) is 28.1 Å². The van der Waals surface area contributed by atoms with E-state index in [9.17, 15) is 4.79 Å². The maximum Gasteiger partial charge on any atom is 0.251 e. The number of amides is 1. The third-order valence-corrected chi connectivity index (χ3v) is 5.86. The molecule has 1 aromatic heterocycles. The van der Waals surface area contributed by atoms with Gasteiger partial charge in [-0.2, -0.15) is 0 Å². The highest BCUT2D eigenvalue weighted by Gasteiger charge is 2.20. The van der Waals surface area contributed by atoms with Crippen LogP contribution in [0.25, 0.3) is 0 Å². The third-order valence-electron chi connectivity index (χ3n) is 3.48.